The molecule has 1 N–H and O–H groups in total. The van der Waals surface area contributed by atoms with Crippen LogP contribution in [0.1, 0.15) is 16.8 Å². The number of ether oxygens (including phenoxy) is 2. The number of halogens is 1. The molecule has 1 aliphatic heterocycles. The summed E-state index contributed by atoms with van der Waals surface area (Å²) in [4.78, 5) is 11.7. The second-order valence-electron chi connectivity index (χ2n) is 5.02. The van der Waals surface area contributed by atoms with Crippen molar-refractivity contribution in [1.82, 2.24) is 9.62 Å². The first-order valence-corrected chi connectivity index (χ1v) is 8.31. The van der Waals surface area contributed by atoms with Crippen LogP contribution in [-0.4, -0.2) is 59.1 Å². The van der Waals surface area contributed by atoms with E-state index in [1.165, 1.54) is 36.7 Å². The maximum absolute atomic E-state index is 12.7. The molecule has 130 valence electrons. The summed E-state index contributed by atoms with van der Waals surface area (Å²) in [6.45, 7) is 1.43. The topological polar surface area (TPSA) is 84.9 Å². The number of likely N-dealkylation sites (N-methyl/N-ethyl adjacent to an activating group) is 1. The molecule has 0 saturated carbocycles. The average molecular weight is 365 g/mol. The highest BCUT2D eigenvalue weighted by atomic mass is 35.5. The van der Waals surface area contributed by atoms with E-state index < -0.39 is 16.0 Å². The Balaban J connectivity index is 0.00000264. The van der Waals surface area contributed by atoms with E-state index in [1.807, 2.05) is 0 Å². The van der Waals surface area contributed by atoms with Gasteiger partial charge in [-0.05, 0) is 25.1 Å². The maximum atomic E-state index is 12.7. The molecule has 0 bridgehead atoms. The summed E-state index contributed by atoms with van der Waals surface area (Å²) < 4.78 is 36.4. The van der Waals surface area contributed by atoms with Crippen LogP contribution in [0.5, 0.6) is 5.75 Å². The molecule has 1 heterocycles. The summed E-state index contributed by atoms with van der Waals surface area (Å²) in [7, 11) is 0.555. The standard InChI is InChI=1S/C14H20N2O5S.ClH/c1-16(10-6-7-15-9-10)22(18,19)11-4-5-12(14(17)21-3)13(8-11)20-2;/h4-5,8,10,15H,6-7,9H2,1-3H3;1H. The van der Waals surface area contributed by atoms with Gasteiger partial charge in [0.2, 0.25) is 10.0 Å². The molecule has 2 rings (SSSR count). The van der Waals surface area contributed by atoms with Gasteiger partial charge in [0.1, 0.15) is 11.3 Å². The van der Waals surface area contributed by atoms with Gasteiger partial charge in [-0.3, -0.25) is 0 Å². The smallest absolute Gasteiger partial charge is 0.341 e. The molecule has 0 spiro atoms. The van der Waals surface area contributed by atoms with Crippen LogP contribution in [0.15, 0.2) is 23.1 Å². The molecular formula is C14H21ClN2O5S. The average Bonchev–Trinajstić information content (AvgIpc) is 3.06. The van der Waals surface area contributed by atoms with E-state index in [0.29, 0.717) is 6.54 Å². The predicted octanol–water partition coefficient (Wildman–Crippen LogP) is 0.886. The fraction of sp³-hybridized carbons (Fsp3) is 0.500. The van der Waals surface area contributed by atoms with Gasteiger partial charge in [0.25, 0.3) is 0 Å². The Morgan fingerprint density at radius 2 is 2.04 bits per heavy atom. The van der Waals surface area contributed by atoms with E-state index in [-0.39, 0.29) is 34.7 Å². The SMILES string of the molecule is COC(=O)c1ccc(S(=O)(=O)N(C)C2CCNC2)cc1OC.Cl. The van der Waals surface area contributed by atoms with Gasteiger partial charge in [-0.15, -0.1) is 12.4 Å². The minimum Gasteiger partial charge on any atom is -0.496 e. The summed E-state index contributed by atoms with van der Waals surface area (Å²) in [6, 6.07) is 4.07. The Morgan fingerprint density at radius 1 is 1.35 bits per heavy atom. The molecule has 0 amide bonds. The quantitative estimate of drug-likeness (QED) is 0.781. The highest BCUT2D eigenvalue weighted by Crippen LogP contribution is 2.26. The largest absolute Gasteiger partial charge is 0.496 e. The van der Waals surface area contributed by atoms with Crippen LogP contribution in [0.25, 0.3) is 0 Å². The molecule has 9 heteroatoms. The number of rotatable bonds is 5. The molecular weight excluding hydrogens is 344 g/mol. The molecule has 1 fully saturated rings. The van der Waals surface area contributed by atoms with Crippen LogP contribution >= 0.6 is 12.4 Å². The number of benzene rings is 1. The van der Waals surface area contributed by atoms with Crippen LogP contribution < -0.4 is 10.1 Å². The normalized spacial score (nSPS) is 17.7. The van der Waals surface area contributed by atoms with E-state index in [0.717, 1.165) is 13.0 Å². The van der Waals surface area contributed by atoms with Crippen LogP contribution in [0, 0.1) is 0 Å². The number of carbonyl (C=O) groups excluding carboxylic acids is 1. The Kier molecular flexibility index (Phi) is 6.82. The fourth-order valence-corrected chi connectivity index (χ4v) is 3.82. The molecule has 1 unspecified atom stereocenters. The van der Waals surface area contributed by atoms with Gasteiger partial charge in [-0.2, -0.15) is 4.31 Å². The Hall–Kier alpha value is -1.35. The van der Waals surface area contributed by atoms with Gasteiger partial charge in [0.15, 0.2) is 0 Å². The third kappa shape index (κ3) is 3.95. The zero-order valence-electron chi connectivity index (χ0n) is 13.2. The van der Waals surface area contributed by atoms with Crippen molar-refractivity contribution in [2.24, 2.45) is 0 Å². The summed E-state index contributed by atoms with van der Waals surface area (Å²) >= 11 is 0. The van der Waals surface area contributed by atoms with Crippen LogP contribution in [0.2, 0.25) is 0 Å². The summed E-state index contributed by atoms with van der Waals surface area (Å²) in [5, 5.41) is 3.14. The number of esters is 1. The van der Waals surface area contributed by atoms with Crippen molar-refractivity contribution in [3.8, 4) is 5.75 Å². The zero-order valence-corrected chi connectivity index (χ0v) is 14.9. The second-order valence-corrected chi connectivity index (χ2v) is 7.02. The lowest BCUT2D eigenvalue weighted by Crippen LogP contribution is -2.38. The first-order valence-electron chi connectivity index (χ1n) is 6.87. The number of hydrogen-bond acceptors (Lipinski definition) is 6. The van der Waals surface area contributed by atoms with Crippen molar-refractivity contribution in [2.75, 3.05) is 34.4 Å². The van der Waals surface area contributed by atoms with E-state index in [9.17, 15) is 13.2 Å². The lowest BCUT2D eigenvalue weighted by atomic mass is 10.2. The van der Waals surface area contributed by atoms with Gasteiger partial charge in [-0.25, -0.2) is 13.2 Å². The minimum absolute atomic E-state index is 0. The molecule has 23 heavy (non-hydrogen) atoms. The van der Waals surface area contributed by atoms with Gasteiger partial charge in [-0.1, -0.05) is 0 Å². The van der Waals surface area contributed by atoms with Crippen molar-refractivity contribution in [3.63, 3.8) is 0 Å². The second kappa shape index (κ2) is 7.96. The summed E-state index contributed by atoms with van der Waals surface area (Å²) in [5.74, 6) is -0.403. The van der Waals surface area contributed by atoms with Crippen molar-refractivity contribution < 1.29 is 22.7 Å². The molecule has 7 nitrogen and oxygen atoms in total. The maximum Gasteiger partial charge on any atom is 0.341 e. The highest BCUT2D eigenvalue weighted by molar-refractivity contribution is 7.89. The first-order chi connectivity index (χ1) is 10.4. The predicted molar refractivity (Wildman–Crippen MR) is 87.8 cm³/mol. The lowest BCUT2D eigenvalue weighted by molar-refractivity contribution is 0.0597. The number of sulfonamides is 1. The Bertz CT molecular complexity index is 659. The third-order valence-electron chi connectivity index (χ3n) is 3.80. The lowest BCUT2D eigenvalue weighted by Gasteiger charge is -2.23. The molecule has 0 aromatic heterocycles. The highest BCUT2D eigenvalue weighted by Gasteiger charge is 2.30. The zero-order chi connectivity index (χ0) is 16.3. The molecule has 1 saturated heterocycles. The van der Waals surface area contributed by atoms with Gasteiger partial charge >= 0.3 is 5.97 Å². The van der Waals surface area contributed by atoms with Crippen molar-refractivity contribution in [3.05, 3.63) is 23.8 Å². The van der Waals surface area contributed by atoms with Crippen LogP contribution in [0.4, 0.5) is 0 Å². The van der Waals surface area contributed by atoms with Crippen molar-refractivity contribution in [1.29, 1.82) is 0 Å². The third-order valence-corrected chi connectivity index (χ3v) is 5.71. The van der Waals surface area contributed by atoms with E-state index in [4.69, 9.17) is 4.74 Å². The molecule has 0 aliphatic carbocycles. The van der Waals surface area contributed by atoms with Gasteiger partial charge < -0.3 is 14.8 Å². The molecule has 1 aromatic rings. The molecule has 1 aliphatic rings. The fourth-order valence-electron chi connectivity index (χ4n) is 2.42. The van der Waals surface area contributed by atoms with E-state index >= 15 is 0 Å². The number of carbonyl (C=O) groups is 1. The van der Waals surface area contributed by atoms with Crippen molar-refractivity contribution in [2.45, 2.75) is 17.4 Å². The number of methoxy groups -OCH3 is 2. The van der Waals surface area contributed by atoms with E-state index in [2.05, 4.69) is 10.1 Å². The monoisotopic (exact) mass is 364 g/mol. The number of nitrogens with zero attached hydrogens (tertiary/aromatic N) is 1. The summed E-state index contributed by atoms with van der Waals surface area (Å²) in [5.41, 5.74) is 0.189. The minimum atomic E-state index is -3.64. The van der Waals surface area contributed by atoms with E-state index in [1.54, 1.807) is 7.05 Å². The van der Waals surface area contributed by atoms with Crippen molar-refractivity contribution >= 4 is 28.4 Å². The molecule has 1 atom stereocenters. The first kappa shape index (κ1) is 19.7. The Morgan fingerprint density at radius 3 is 2.57 bits per heavy atom. The van der Waals surface area contributed by atoms with Crippen LogP contribution in [0.3, 0.4) is 0 Å². The molecule has 1 aromatic carbocycles. The number of nitrogens with one attached hydrogen (secondary N) is 1. The number of hydrogen-bond donors (Lipinski definition) is 1. The van der Waals surface area contributed by atoms with Gasteiger partial charge in [0, 0.05) is 25.7 Å². The Labute approximate surface area is 142 Å². The molecule has 0 radical (unpaired) electrons. The summed E-state index contributed by atoms with van der Waals surface area (Å²) in [6.07, 6.45) is 0.771. The van der Waals surface area contributed by atoms with Gasteiger partial charge in [0.05, 0.1) is 19.1 Å². The van der Waals surface area contributed by atoms with Crippen LogP contribution in [-0.2, 0) is 14.8 Å².